The second kappa shape index (κ2) is 6.18. The zero-order valence-corrected chi connectivity index (χ0v) is 17.5. The van der Waals surface area contributed by atoms with Crippen molar-refractivity contribution < 1.29 is 0 Å². The zero-order chi connectivity index (χ0) is 20.2. The van der Waals surface area contributed by atoms with Crippen molar-refractivity contribution in [1.82, 2.24) is 9.78 Å². The first kappa shape index (κ1) is 17.9. The molecule has 3 aromatic carbocycles. The van der Waals surface area contributed by atoms with Crippen LogP contribution in [0, 0.1) is 0 Å². The normalized spacial score (nSPS) is 16.1. The number of hydrogen-bond acceptors (Lipinski definition) is 1. The Hall–Kier alpha value is -3.13. The molecule has 0 N–H and O–H groups in total. The van der Waals surface area contributed by atoms with Crippen molar-refractivity contribution in [2.45, 2.75) is 38.5 Å². The smallest absolute Gasteiger partial charge is 0.101 e. The molecule has 0 fully saturated rings. The van der Waals surface area contributed by atoms with Crippen molar-refractivity contribution in [2.75, 3.05) is 0 Å². The molecule has 2 heterocycles. The van der Waals surface area contributed by atoms with Crippen molar-refractivity contribution >= 4 is 0 Å². The van der Waals surface area contributed by atoms with E-state index in [1.54, 1.807) is 0 Å². The van der Waals surface area contributed by atoms with Gasteiger partial charge in [-0.2, -0.15) is 5.10 Å². The Bertz CT molecular complexity index is 1180. The Kier molecular flexibility index (Phi) is 3.82. The first-order chi connectivity index (χ1) is 13.9. The molecule has 0 amide bonds. The van der Waals surface area contributed by atoms with Gasteiger partial charge in [0.2, 0.25) is 0 Å². The number of fused-ring (bicyclic) bond motifs is 3. The fourth-order valence-corrected chi connectivity index (χ4v) is 4.67. The van der Waals surface area contributed by atoms with Gasteiger partial charge in [-0.1, -0.05) is 107 Å². The molecule has 1 aromatic heterocycles. The lowest BCUT2D eigenvalue weighted by Gasteiger charge is -2.47. The highest BCUT2D eigenvalue weighted by atomic mass is 15.3. The molecule has 0 atom stereocenters. The Morgan fingerprint density at radius 3 is 1.83 bits per heavy atom. The van der Waals surface area contributed by atoms with Gasteiger partial charge in [-0.15, -0.1) is 0 Å². The standard InChI is InChI=1S/C27H26N2/c1-26(2)21-17-11-12-18-22(21)29-25(27(26,3)4)23(19-13-7-5-8-14-19)24(28-29)20-15-9-6-10-16-20/h5-18H,1-4H3. The first-order valence-corrected chi connectivity index (χ1v) is 10.3. The van der Waals surface area contributed by atoms with E-state index >= 15 is 0 Å². The quantitative estimate of drug-likeness (QED) is 0.376. The van der Waals surface area contributed by atoms with Crippen LogP contribution in [0.25, 0.3) is 28.1 Å². The summed E-state index contributed by atoms with van der Waals surface area (Å²) in [6, 6.07) is 30.0. The molecule has 0 unspecified atom stereocenters. The maximum atomic E-state index is 5.22. The minimum atomic E-state index is -0.105. The molecule has 1 aliphatic rings. The Labute approximate surface area is 172 Å². The van der Waals surface area contributed by atoms with Gasteiger partial charge in [0.05, 0.1) is 11.4 Å². The Morgan fingerprint density at radius 2 is 1.17 bits per heavy atom. The van der Waals surface area contributed by atoms with Crippen LogP contribution in [0.5, 0.6) is 0 Å². The molecule has 2 nitrogen and oxygen atoms in total. The molecule has 1 aliphatic heterocycles. The molecular weight excluding hydrogens is 352 g/mol. The second-order valence-electron chi connectivity index (χ2n) is 8.98. The maximum Gasteiger partial charge on any atom is 0.101 e. The van der Waals surface area contributed by atoms with Gasteiger partial charge in [-0.3, -0.25) is 0 Å². The summed E-state index contributed by atoms with van der Waals surface area (Å²) in [6.45, 7) is 9.44. The van der Waals surface area contributed by atoms with Crippen LogP contribution in [0.1, 0.15) is 39.0 Å². The highest BCUT2D eigenvalue weighted by Crippen LogP contribution is 2.54. The van der Waals surface area contributed by atoms with E-state index in [4.69, 9.17) is 5.10 Å². The molecule has 0 aliphatic carbocycles. The fraction of sp³-hybridized carbons (Fsp3) is 0.222. The minimum Gasteiger partial charge on any atom is -0.236 e. The summed E-state index contributed by atoms with van der Waals surface area (Å²) in [6.07, 6.45) is 0. The van der Waals surface area contributed by atoms with Crippen LogP contribution < -0.4 is 0 Å². The van der Waals surface area contributed by atoms with Gasteiger partial charge >= 0.3 is 0 Å². The molecule has 0 spiro atoms. The summed E-state index contributed by atoms with van der Waals surface area (Å²) in [5.74, 6) is 0. The highest BCUT2D eigenvalue weighted by molar-refractivity contribution is 5.85. The van der Waals surface area contributed by atoms with E-state index in [9.17, 15) is 0 Å². The molecule has 4 aromatic rings. The second-order valence-corrected chi connectivity index (χ2v) is 8.98. The third-order valence-corrected chi connectivity index (χ3v) is 6.96. The summed E-state index contributed by atoms with van der Waals surface area (Å²) in [5, 5.41) is 5.22. The molecule has 0 radical (unpaired) electrons. The van der Waals surface area contributed by atoms with E-state index in [1.165, 1.54) is 28.1 Å². The number of aromatic nitrogens is 2. The lowest BCUT2D eigenvalue weighted by Crippen LogP contribution is -2.46. The van der Waals surface area contributed by atoms with Gasteiger partial charge in [0.15, 0.2) is 0 Å². The first-order valence-electron chi connectivity index (χ1n) is 10.3. The third kappa shape index (κ3) is 2.45. The monoisotopic (exact) mass is 378 g/mol. The number of para-hydroxylation sites is 1. The summed E-state index contributed by atoms with van der Waals surface area (Å²) < 4.78 is 2.20. The molecule has 0 saturated heterocycles. The average Bonchev–Trinajstić information content (AvgIpc) is 3.16. The van der Waals surface area contributed by atoms with Crippen LogP contribution in [0.15, 0.2) is 84.9 Å². The largest absolute Gasteiger partial charge is 0.236 e. The summed E-state index contributed by atoms with van der Waals surface area (Å²) in [7, 11) is 0. The molecule has 29 heavy (non-hydrogen) atoms. The topological polar surface area (TPSA) is 17.8 Å². The average molecular weight is 379 g/mol. The van der Waals surface area contributed by atoms with Crippen LogP contribution in [0.3, 0.4) is 0 Å². The predicted molar refractivity (Wildman–Crippen MR) is 120 cm³/mol. The minimum absolute atomic E-state index is 0.0306. The van der Waals surface area contributed by atoms with E-state index in [-0.39, 0.29) is 10.8 Å². The van der Waals surface area contributed by atoms with Gasteiger partial charge in [0.25, 0.3) is 0 Å². The van der Waals surface area contributed by atoms with Crippen molar-refractivity contribution in [3.05, 3.63) is 96.2 Å². The van der Waals surface area contributed by atoms with Crippen molar-refractivity contribution in [1.29, 1.82) is 0 Å². The van der Waals surface area contributed by atoms with E-state index in [1.807, 2.05) is 0 Å². The predicted octanol–water partition coefficient (Wildman–Crippen LogP) is 6.78. The van der Waals surface area contributed by atoms with Crippen LogP contribution in [0.4, 0.5) is 0 Å². The van der Waals surface area contributed by atoms with E-state index in [0.29, 0.717) is 0 Å². The van der Waals surface area contributed by atoms with E-state index in [2.05, 4.69) is 117 Å². The Balaban J connectivity index is 1.94. The number of nitrogens with zero attached hydrogens (tertiary/aromatic N) is 2. The summed E-state index contributed by atoms with van der Waals surface area (Å²) in [4.78, 5) is 0. The van der Waals surface area contributed by atoms with E-state index < -0.39 is 0 Å². The van der Waals surface area contributed by atoms with Gasteiger partial charge in [-0.25, -0.2) is 4.68 Å². The van der Waals surface area contributed by atoms with Crippen molar-refractivity contribution in [3.63, 3.8) is 0 Å². The zero-order valence-electron chi connectivity index (χ0n) is 17.5. The molecular formula is C27H26N2. The number of rotatable bonds is 2. The van der Waals surface area contributed by atoms with Gasteiger partial charge in [0, 0.05) is 22.0 Å². The van der Waals surface area contributed by atoms with E-state index in [0.717, 1.165) is 11.3 Å². The van der Waals surface area contributed by atoms with Crippen LogP contribution >= 0.6 is 0 Å². The van der Waals surface area contributed by atoms with Gasteiger partial charge < -0.3 is 0 Å². The Morgan fingerprint density at radius 1 is 0.621 bits per heavy atom. The van der Waals surface area contributed by atoms with Crippen LogP contribution in [-0.2, 0) is 10.8 Å². The molecule has 5 rings (SSSR count). The lowest BCUT2D eigenvalue weighted by molar-refractivity contribution is 0.276. The van der Waals surface area contributed by atoms with Gasteiger partial charge in [0.1, 0.15) is 5.69 Å². The maximum absolute atomic E-state index is 5.22. The molecule has 0 bridgehead atoms. The molecule has 144 valence electrons. The number of hydrogen-bond donors (Lipinski definition) is 0. The van der Waals surface area contributed by atoms with Gasteiger partial charge in [-0.05, 0) is 17.2 Å². The SMILES string of the molecule is CC1(C)c2ccccc2-n2nc(-c3ccccc3)c(-c3ccccc3)c2C1(C)C. The summed E-state index contributed by atoms with van der Waals surface area (Å²) >= 11 is 0. The van der Waals surface area contributed by atoms with Crippen molar-refractivity contribution in [2.24, 2.45) is 0 Å². The van der Waals surface area contributed by atoms with Crippen molar-refractivity contribution in [3.8, 4) is 28.1 Å². The number of benzene rings is 3. The molecule has 2 heteroatoms. The molecule has 0 saturated carbocycles. The van der Waals surface area contributed by atoms with Crippen LogP contribution in [-0.4, -0.2) is 9.78 Å². The highest BCUT2D eigenvalue weighted by Gasteiger charge is 2.49. The van der Waals surface area contributed by atoms with Crippen LogP contribution in [0.2, 0.25) is 0 Å². The summed E-state index contributed by atoms with van der Waals surface area (Å²) in [5.41, 5.74) is 8.34. The fourth-order valence-electron chi connectivity index (χ4n) is 4.67. The third-order valence-electron chi connectivity index (χ3n) is 6.96. The lowest BCUT2D eigenvalue weighted by atomic mass is 9.59.